The number of nitrogens with zero attached hydrogens (tertiary/aromatic N) is 1. The summed E-state index contributed by atoms with van der Waals surface area (Å²) in [6.07, 6.45) is 0. The molecule has 1 amide bonds. The molecule has 0 aliphatic heterocycles. The second kappa shape index (κ2) is 6.31. The van der Waals surface area contributed by atoms with Crippen LogP contribution in [0.4, 0.5) is 17.1 Å². The summed E-state index contributed by atoms with van der Waals surface area (Å²) in [5.74, 6) is -0.123. The number of nitrogens with two attached hydrogens (primary N) is 1. The first-order chi connectivity index (χ1) is 9.97. The van der Waals surface area contributed by atoms with Gasteiger partial charge in [0.15, 0.2) is 0 Å². The highest BCUT2D eigenvalue weighted by atomic mass is 16.1. The molecule has 0 saturated heterocycles. The van der Waals surface area contributed by atoms with Crippen molar-refractivity contribution >= 4 is 23.0 Å². The van der Waals surface area contributed by atoms with Crippen molar-refractivity contribution in [3.63, 3.8) is 0 Å². The van der Waals surface area contributed by atoms with Gasteiger partial charge in [-0.25, -0.2) is 0 Å². The molecule has 3 N–H and O–H groups in total. The topological polar surface area (TPSA) is 58.4 Å². The Hall–Kier alpha value is -2.49. The van der Waals surface area contributed by atoms with Crippen molar-refractivity contribution in [2.75, 3.05) is 23.0 Å². The van der Waals surface area contributed by atoms with E-state index < -0.39 is 0 Å². The molecule has 2 aromatic carbocycles. The lowest BCUT2D eigenvalue weighted by Gasteiger charge is -2.23. The van der Waals surface area contributed by atoms with Gasteiger partial charge in [-0.05, 0) is 30.2 Å². The van der Waals surface area contributed by atoms with Gasteiger partial charge in [-0.3, -0.25) is 4.79 Å². The van der Waals surface area contributed by atoms with Crippen LogP contribution in [0.1, 0.15) is 18.1 Å². The Bertz CT molecular complexity index is 638. The summed E-state index contributed by atoms with van der Waals surface area (Å²) in [5.41, 5.74) is 10.6. The number of nitrogen functional groups attached to an aromatic ring is 1. The fourth-order valence-electron chi connectivity index (χ4n) is 2.37. The number of hydrogen-bond acceptors (Lipinski definition) is 3. The molecule has 0 atom stereocenters. The minimum Gasteiger partial charge on any atom is -0.397 e. The van der Waals surface area contributed by atoms with Crippen LogP contribution in [0.3, 0.4) is 0 Å². The average Bonchev–Trinajstić information content (AvgIpc) is 2.42. The number of carbonyl (C=O) groups excluding carboxylic acids is 1. The molecule has 0 heterocycles. The zero-order valence-electron chi connectivity index (χ0n) is 12.7. The first-order valence-electron chi connectivity index (χ1n) is 6.90. The molecular weight excluding hydrogens is 262 g/mol. The highest BCUT2D eigenvalue weighted by Crippen LogP contribution is 2.30. The number of anilines is 3. The van der Waals surface area contributed by atoms with Crippen LogP contribution in [0.5, 0.6) is 0 Å². The van der Waals surface area contributed by atoms with Crippen LogP contribution in [0.2, 0.25) is 0 Å². The van der Waals surface area contributed by atoms with Crippen molar-refractivity contribution in [2.24, 2.45) is 0 Å². The van der Waals surface area contributed by atoms with E-state index in [-0.39, 0.29) is 5.91 Å². The van der Waals surface area contributed by atoms with E-state index in [2.05, 4.69) is 22.3 Å². The summed E-state index contributed by atoms with van der Waals surface area (Å²) in [5, 5.41) is 2.77. The maximum Gasteiger partial charge on any atom is 0.221 e. The van der Waals surface area contributed by atoms with Gasteiger partial charge in [0.25, 0.3) is 0 Å². The summed E-state index contributed by atoms with van der Waals surface area (Å²) in [6, 6.07) is 14.1. The van der Waals surface area contributed by atoms with Crippen molar-refractivity contribution in [3.05, 3.63) is 53.6 Å². The third kappa shape index (κ3) is 3.75. The van der Waals surface area contributed by atoms with E-state index in [1.165, 1.54) is 12.5 Å². The van der Waals surface area contributed by atoms with Gasteiger partial charge in [0.05, 0.1) is 11.4 Å². The lowest BCUT2D eigenvalue weighted by molar-refractivity contribution is -0.114. The SMILES string of the molecule is CC(=O)Nc1cc(N(C)Cc2ccccc2)c(C)cc1N. The lowest BCUT2D eigenvalue weighted by Crippen LogP contribution is -2.18. The van der Waals surface area contributed by atoms with Gasteiger partial charge in [-0.1, -0.05) is 30.3 Å². The molecule has 2 aromatic rings. The molecule has 0 fully saturated rings. The molecule has 4 nitrogen and oxygen atoms in total. The molecule has 0 unspecified atom stereocenters. The van der Waals surface area contributed by atoms with Crippen LogP contribution in [0, 0.1) is 6.92 Å². The van der Waals surface area contributed by atoms with E-state index in [0.29, 0.717) is 11.4 Å². The van der Waals surface area contributed by atoms with Gasteiger partial charge in [0, 0.05) is 26.2 Å². The first kappa shape index (κ1) is 14.9. The zero-order chi connectivity index (χ0) is 15.4. The van der Waals surface area contributed by atoms with Gasteiger partial charge < -0.3 is 16.0 Å². The minimum atomic E-state index is -0.123. The second-order valence-electron chi connectivity index (χ2n) is 5.25. The van der Waals surface area contributed by atoms with Gasteiger partial charge in [0.2, 0.25) is 5.91 Å². The molecule has 0 aliphatic carbocycles. The molecule has 0 radical (unpaired) electrons. The Balaban J connectivity index is 2.27. The molecule has 2 rings (SSSR count). The van der Waals surface area contributed by atoms with Gasteiger partial charge in [0.1, 0.15) is 0 Å². The Kier molecular flexibility index (Phi) is 4.48. The number of benzene rings is 2. The molecular formula is C17H21N3O. The van der Waals surface area contributed by atoms with Crippen molar-refractivity contribution in [1.82, 2.24) is 0 Å². The molecule has 0 spiro atoms. The quantitative estimate of drug-likeness (QED) is 0.847. The first-order valence-corrected chi connectivity index (χ1v) is 6.90. The number of hydrogen-bond donors (Lipinski definition) is 2. The standard InChI is InChI=1S/C17H21N3O/c1-12-9-15(18)16(19-13(2)21)10-17(12)20(3)11-14-7-5-4-6-8-14/h4-10H,11,18H2,1-3H3,(H,19,21). The smallest absolute Gasteiger partial charge is 0.221 e. The number of nitrogens with one attached hydrogen (secondary N) is 1. The van der Waals surface area contributed by atoms with E-state index in [1.807, 2.05) is 44.3 Å². The predicted octanol–water partition coefficient (Wildman–Crippen LogP) is 3.17. The third-order valence-electron chi connectivity index (χ3n) is 3.35. The summed E-state index contributed by atoms with van der Waals surface area (Å²) in [7, 11) is 2.03. The maximum absolute atomic E-state index is 11.2. The number of carbonyl (C=O) groups is 1. The largest absolute Gasteiger partial charge is 0.397 e. The Morgan fingerprint density at radius 1 is 1.24 bits per heavy atom. The maximum atomic E-state index is 11.2. The van der Waals surface area contributed by atoms with Crippen LogP contribution in [-0.2, 0) is 11.3 Å². The van der Waals surface area contributed by atoms with Crippen LogP contribution in [0.15, 0.2) is 42.5 Å². The molecule has 21 heavy (non-hydrogen) atoms. The number of amides is 1. The third-order valence-corrected chi connectivity index (χ3v) is 3.35. The molecule has 0 aliphatic rings. The van der Waals surface area contributed by atoms with Crippen molar-refractivity contribution in [1.29, 1.82) is 0 Å². The normalized spacial score (nSPS) is 10.2. The summed E-state index contributed by atoms with van der Waals surface area (Å²) in [4.78, 5) is 13.4. The van der Waals surface area contributed by atoms with Crippen molar-refractivity contribution in [2.45, 2.75) is 20.4 Å². The van der Waals surface area contributed by atoms with E-state index in [1.54, 1.807) is 0 Å². The predicted molar refractivity (Wildman–Crippen MR) is 88.4 cm³/mol. The summed E-state index contributed by atoms with van der Waals surface area (Å²) >= 11 is 0. The van der Waals surface area contributed by atoms with E-state index in [4.69, 9.17) is 5.73 Å². The van der Waals surface area contributed by atoms with Gasteiger partial charge in [-0.15, -0.1) is 0 Å². The van der Waals surface area contributed by atoms with Crippen LogP contribution < -0.4 is 16.0 Å². The summed E-state index contributed by atoms with van der Waals surface area (Å²) in [6.45, 7) is 4.29. The monoisotopic (exact) mass is 283 g/mol. The number of aryl methyl sites for hydroxylation is 1. The molecule has 0 saturated carbocycles. The average molecular weight is 283 g/mol. The Morgan fingerprint density at radius 3 is 2.52 bits per heavy atom. The van der Waals surface area contributed by atoms with E-state index in [9.17, 15) is 4.79 Å². The van der Waals surface area contributed by atoms with Crippen molar-refractivity contribution < 1.29 is 4.79 Å². The fourth-order valence-corrected chi connectivity index (χ4v) is 2.37. The molecule has 0 bridgehead atoms. The van der Waals surface area contributed by atoms with Crippen LogP contribution in [-0.4, -0.2) is 13.0 Å². The Morgan fingerprint density at radius 2 is 1.90 bits per heavy atom. The highest BCUT2D eigenvalue weighted by molar-refractivity contribution is 5.93. The zero-order valence-corrected chi connectivity index (χ0v) is 12.7. The minimum absolute atomic E-state index is 0.123. The van der Waals surface area contributed by atoms with Crippen LogP contribution >= 0.6 is 0 Å². The van der Waals surface area contributed by atoms with E-state index >= 15 is 0 Å². The molecule has 0 aromatic heterocycles. The van der Waals surface area contributed by atoms with Crippen LogP contribution in [0.25, 0.3) is 0 Å². The molecule has 110 valence electrons. The van der Waals surface area contributed by atoms with Gasteiger partial charge in [-0.2, -0.15) is 0 Å². The number of rotatable bonds is 4. The summed E-state index contributed by atoms with van der Waals surface area (Å²) < 4.78 is 0. The van der Waals surface area contributed by atoms with Gasteiger partial charge >= 0.3 is 0 Å². The Labute approximate surface area is 125 Å². The lowest BCUT2D eigenvalue weighted by atomic mass is 10.1. The fraction of sp³-hybridized carbons (Fsp3) is 0.235. The molecule has 4 heteroatoms. The van der Waals surface area contributed by atoms with E-state index in [0.717, 1.165) is 17.8 Å². The highest BCUT2D eigenvalue weighted by Gasteiger charge is 2.10. The van der Waals surface area contributed by atoms with Crippen molar-refractivity contribution in [3.8, 4) is 0 Å². The second-order valence-corrected chi connectivity index (χ2v) is 5.25.